The molecule has 0 N–H and O–H groups in total. The van der Waals surface area contributed by atoms with Crippen LogP contribution in [-0.4, -0.2) is 23.5 Å². The van der Waals surface area contributed by atoms with Crippen molar-refractivity contribution in [3.63, 3.8) is 0 Å². The van der Waals surface area contributed by atoms with E-state index in [4.69, 9.17) is 0 Å². The summed E-state index contributed by atoms with van der Waals surface area (Å²) in [5.74, 6) is 1.50. The van der Waals surface area contributed by atoms with Gasteiger partial charge in [-0.25, -0.2) is 4.98 Å². The van der Waals surface area contributed by atoms with Crippen LogP contribution in [0.1, 0.15) is 25.6 Å². The molecule has 4 heteroatoms. The Labute approximate surface area is 104 Å². The minimum Gasteiger partial charge on any atom is -0.376 e. The quantitative estimate of drug-likeness (QED) is 0.842. The molecule has 0 aliphatic carbocycles. The first-order chi connectivity index (χ1) is 7.50. The summed E-state index contributed by atoms with van der Waals surface area (Å²) in [5.41, 5.74) is 2.30. The lowest BCUT2D eigenvalue weighted by atomic mass is 10.2. The molecule has 2 rings (SSSR count). The van der Waals surface area contributed by atoms with Crippen molar-refractivity contribution >= 4 is 27.1 Å². The monoisotopic (exact) mass is 281 g/mol. The van der Waals surface area contributed by atoms with Gasteiger partial charge in [0.25, 0.3) is 0 Å². The van der Waals surface area contributed by atoms with Crippen LogP contribution in [0, 0.1) is 0 Å². The van der Waals surface area contributed by atoms with Gasteiger partial charge in [-0.2, -0.15) is 0 Å². The van der Waals surface area contributed by atoms with Crippen molar-refractivity contribution in [3.05, 3.63) is 28.8 Å². The molecule has 2 heterocycles. The van der Waals surface area contributed by atoms with Crippen molar-refractivity contribution in [3.8, 4) is 0 Å². The van der Waals surface area contributed by atoms with Crippen LogP contribution in [0.3, 0.4) is 0 Å². The van der Waals surface area contributed by atoms with Gasteiger partial charge in [-0.3, -0.25) is 0 Å². The van der Waals surface area contributed by atoms with Gasteiger partial charge in [0.2, 0.25) is 0 Å². The predicted octanol–water partition coefficient (Wildman–Crippen LogP) is 3.29. The first-order valence-corrected chi connectivity index (χ1v) is 6.15. The van der Waals surface area contributed by atoms with Crippen molar-refractivity contribution < 1.29 is 0 Å². The Morgan fingerprint density at radius 2 is 2.00 bits per heavy atom. The van der Waals surface area contributed by atoms with Crippen LogP contribution in [0.25, 0.3) is 5.52 Å². The van der Waals surface area contributed by atoms with E-state index in [1.165, 1.54) is 5.69 Å². The zero-order chi connectivity index (χ0) is 11.9. The largest absolute Gasteiger partial charge is 0.376 e. The molecule has 0 atom stereocenters. The van der Waals surface area contributed by atoms with Crippen molar-refractivity contribution in [1.82, 2.24) is 9.38 Å². The van der Waals surface area contributed by atoms with Gasteiger partial charge in [-0.15, -0.1) is 0 Å². The van der Waals surface area contributed by atoms with E-state index in [1.807, 2.05) is 14.1 Å². The molecule has 0 aliphatic rings. The minimum atomic E-state index is 0.413. The van der Waals surface area contributed by atoms with Gasteiger partial charge >= 0.3 is 0 Å². The van der Waals surface area contributed by atoms with E-state index in [-0.39, 0.29) is 0 Å². The first-order valence-electron chi connectivity index (χ1n) is 5.35. The molecule has 0 radical (unpaired) electrons. The average Bonchev–Trinajstić information content (AvgIpc) is 2.56. The zero-order valence-corrected chi connectivity index (χ0v) is 11.6. The minimum absolute atomic E-state index is 0.413. The number of rotatable bonds is 2. The summed E-state index contributed by atoms with van der Waals surface area (Å²) in [6.45, 7) is 4.31. The molecule has 2 aromatic heterocycles. The number of imidazole rings is 1. The number of hydrogen-bond donors (Lipinski definition) is 0. The Morgan fingerprint density at radius 3 is 2.56 bits per heavy atom. The fourth-order valence-corrected chi connectivity index (χ4v) is 2.24. The summed E-state index contributed by atoms with van der Waals surface area (Å²) in [5, 5.41) is 0. The third kappa shape index (κ3) is 1.82. The third-order valence-electron chi connectivity index (χ3n) is 2.64. The lowest BCUT2D eigenvalue weighted by molar-refractivity contribution is 0.768. The maximum Gasteiger partial charge on any atom is 0.132 e. The van der Waals surface area contributed by atoms with Crippen LogP contribution < -0.4 is 4.90 Å². The molecule has 2 aromatic rings. The van der Waals surface area contributed by atoms with E-state index in [2.05, 4.69) is 62.4 Å². The summed E-state index contributed by atoms with van der Waals surface area (Å²) in [7, 11) is 4.09. The normalized spacial score (nSPS) is 11.4. The zero-order valence-electron chi connectivity index (χ0n) is 10.0. The fourth-order valence-electron chi connectivity index (χ4n) is 1.73. The van der Waals surface area contributed by atoms with E-state index in [0.29, 0.717) is 5.92 Å². The van der Waals surface area contributed by atoms with Crippen LogP contribution >= 0.6 is 15.9 Å². The highest BCUT2D eigenvalue weighted by molar-refractivity contribution is 9.10. The SMILES string of the molecule is CC(C)c1nc(Br)c2ccc(N(C)C)cn12. The number of pyridine rings is 1. The van der Waals surface area contributed by atoms with Crippen LogP contribution in [-0.2, 0) is 0 Å². The summed E-state index contributed by atoms with van der Waals surface area (Å²) < 4.78 is 3.07. The number of fused-ring (bicyclic) bond motifs is 1. The van der Waals surface area contributed by atoms with Crippen LogP contribution in [0.2, 0.25) is 0 Å². The Hall–Kier alpha value is -1.03. The van der Waals surface area contributed by atoms with Gasteiger partial charge in [0.05, 0.1) is 11.2 Å². The Morgan fingerprint density at radius 1 is 1.31 bits per heavy atom. The summed E-state index contributed by atoms with van der Waals surface area (Å²) in [6, 6.07) is 4.20. The van der Waals surface area contributed by atoms with Crippen LogP contribution in [0.4, 0.5) is 5.69 Å². The molecule has 3 nitrogen and oxygen atoms in total. The second-order valence-corrected chi connectivity index (χ2v) is 5.20. The molecule has 0 saturated carbocycles. The number of halogens is 1. The Bertz CT molecular complexity index is 514. The summed E-state index contributed by atoms with van der Waals surface area (Å²) >= 11 is 3.50. The van der Waals surface area contributed by atoms with Crippen molar-refractivity contribution in [2.45, 2.75) is 19.8 Å². The molecule has 0 amide bonds. The van der Waals surface area contributed by atoms with E-state index in [9.17, 15) is 0 Å². The highest BCUT2D eigenvalue weighted by Crippen LogP contribution is 2.25. The standard InChI is InChI=1S/C12H16BrN3/c1-8(2)12-14-11(13)10-6-5-9(15(3)4)7-16(10)12/h5-8H,1-4H3. The lowest BCUT2D eigenvalue weighted by Crippen LogP contribution is -2.09. The first kappa shape index (κ1) is 11.5. The molecule has 0 aliphatic heterocycles. The molecular weight excluding hydrogens is 266 g/mol. The van der Waals surface area contributed by atoms with Gasteiger partial charge in [0.15, 0.2) is 0 Å². The van der Waals surface area contributed by atoms with Crippen LogP contribution in [0.5, 0.6) is 0 Å². The van der Waals surface area contributed by atoms with E-state index < -0.39 is 0 Å². The Balaban J connectivity index is 2.69. The summed E-state index contributed by atoms with van der Waals surface area (Å²) in [4.78, 5) is 6.65. The van der Waals surface area contributed by atoms with Crippen molar-refractivity contribution in [1.29, 1.82) is 0 Å². The van der Waals surface area contributed by atoms with E-state index in [1.54, 1.807) is 0 Å². The highest BCUT2D eigenvalue weighted by atomic mass is 79.9. The topological polar surface area (TPSA) is 20.5 Å². The predicted molar refractivity (Wildman–Crippen MR) is 71.3 cm³/mol. The van der Waals surface area contributed by atoms with Gasteiger partial charge in [-0.05, 0) is 28.1 Å². The number of hydrogen-bond acceptors (Lipinski definition) is 2. The maximum absolute atomic E-state index is 4.55. The van der Waals surface area contributed by atoms with Crippen molar-refractivity contribution in [2.24, 2.45) is 0 Å². The van der Waals surface area contributed by atoms with Gasteiger partial charge in [-0.1, -0.05) is 13.8 Å². The lowest BCUT2D eigenvalue weighted by Gasteiger charge is -2.13. The number of anilines is 1. The molecular formula is C12H16BrN3. The third-order valence-corrected chi connectivity index (χ3v) is 3.22. The molecule has 0 aromatic carbocycles. The number of aromatic nitrogens is 2. The molecule has 86 valence electrons. The Kier molecular flexibility index (Phi) is 2.93. The van der Waals surface area contributed by atoms with Gasteiger partial charge in [0.1, 0.15) is 10.4 Å². The van der Waals surface area contributed by atoms with E-state index in [0.717, 1.165) is 15.9 Å². The smallest absolute Gasteiger partial charge is 0.132 e. The van der Waals surface area contributed by atoms with Gasteiger partial charge in [0, 0.05) is 26.2 Å². The second kappa shape index (κ2) is 4.09. The molecule has 0 spiro atoms. The molecule has 0 unspecified atom stereocenters. The maximum atomic E-state index is 4.55. The van der Waals surface area contributed by atoms with Crippen molar-refractivity contribution in [2.75, 3.05) is 19.0 Å². The van der Waals surface area contributed by atoms with Crippen LogP contribution in [0.15, 0.2) is 22.9 Å². The molecule has 0 bridgehead atoms. The van der Waals surface area contributed by atoms with Gasteiger partial charge < -0.3 is 9.30 Å². The summed E-state index contributed by atoms with van der Waals surface area (Å²) in [6.07, 6.45) is 2.13. The average molecular weight is 282 g/mol. The number of nitrogens with zero attached hydrogens (tertiary/aromatic N) is 3. The molecule has 0 fully saturated rings. The molecule has 0 saturated heterocycles. The highest BCUT2D eigenvalue weighted by Gasteiger charge is 2.12. The molecule has 16 heavy (non-hydrogen) atoms. The second-order valence-electron chi connectivity index (χ2n) is 4.45. The van der Waals surface area contributed by atoms with E-state index >= 15 is 0 Å². The fraction of sp³-hybridized carbons (Fsp3) is 0.417.